The Kier molecular flexibility index (Phi) is 6.14. The van der Waals surface area contributed by atoms with Gasteiger partial charge in [0.05, 0.1) is 12.1 Å². The van der Waals surface area contributed by atoms with Gasteiger partial charge in [0.15, 0.2) is 0 Å². The second-order valence-electron chi connectivity index (χ2n) is 5.11. The lowest BCUT2D eigenvalue weighted by Gasteiger charge is -2.14. The first kappa shape index (κ1) is 18.5. The van der Waals surface area contributed by atoms with E-state index in [0.717, 1.165) is 0 Å². The molecule has 25 heavy (non-hydrogen) atoms. The van der Waals surface area contributed by atoms with E-state index in [4.69, 9.17) is 29.0 Å². The minimum Gasteiger partial charge on any atom is -0.323 e. The summed E-state index contributed by atoms with van der Waals surface area (Å²) in [4.78, 5) is 12.8. The van der Waals surface area contributed by atoms with E-state index in [1.54, 1.807) is 48.5 Å². The van der Waals surface area contributed by atoms with Crippen LogP contribution in [0.2, 0.25) is 10.0 Å². The number of Topliss-reactive ketones (excluding diaryl/α,β-unsaturated/α-hetero) is 1. The lowest BCUT2D eigenvalue weighted by Crippen LogP contribution is -2.28. The van der Waals surface area contributed by atoms with Crippen LogP contribution < -0.4 is 5.84 Å². The van der Waals surface area contributed by atoms with Crippen LogP contribution in [0.5, 0.6) is 0 Å². The standard InChI is InChI=1S/C18H12Cl2N4O/c19-13-5-1-11(2-6-13)15(9-21)17(24-23)18(25)16(10-22)12-3-7-14(20)8-4-12/h1-8,15-16H,23H2/b24-17+/t15-,16-/m0/s1. The molecule has 2 aromatic carbocycles. The molecule has 0 bridgehead atoms. The molecule has 0 aliphatic rings. The third-order valence-corrected chi connectivity index (χ3v) is 4.10. The zero-order valence-corrected chi connectivity index (χ0v) is 14.4. The minimum atomic E-state index is -1.14. The zero-order chi connectivity index (χ0) is 18.4. The van der Waals surface area contributed by atoms with Crippen LogP contribution in [0.1, 0.15) is 23.0 Å². The molecule has 0 spiro atoms. The second-order valence-corrected chi connectivity index (χ2v) is 5.98. The summed E-state index contributed by atoms with van der Waals surface area (Å²) in [7, 11) is 0. The SMILES string of the molecule is N#C[C@H](C(=O)/C(=N/N)[C@@H](C#N)c1ccc(Cl)cc1)c1ccc(Cl)cc1. The van der Waals surface area contributed by atoms with Crippen LogP contribution in [0.4, 0.5) is 0 Å². The number of halogens is 2. The molecule has 2 atom stereocenters. The van der Waals surface area contributed by atoms with Gasteiger partial charge < -0.3 is 5.84 Å². The normalized spacial score (nSPS) is 13.4. The van der Waals surface area contributed by atoms with Crippen molar-refractivity contribution >= 4 is 34.7 Å². The van der Waals surface area contributed by atoms with Crippen LogP contribution in [0.25, 0.3) is 0 Å². The summed E-state index contributed by atoms with van der Waals surface area (Å²) in [5.74, 6) is 2.60. The molecule has 0 aliphatic carbocycles. The van der Waals surface area contributed by atoms with Crippen LogP contribution in [0, 0.1) is 22.7 Å². The summed E-state index contributed by atoms with van der Waals surface area (Å²) in [6, 6.07) is 16.7. The Labute approximate surface area is 154 Å². The van der Waals surface area contributed by atoms with Crippen molar-refractivity contribution in [2.75, 3.05) is 0 Å². The van der Waals surface area contributed by atoms with Crippen molar-refractivity contribution in [3.05, 3.63) is 69.7 Å². The predicted octanol–water partition coefficient (Wildman–Crippen LogP) is 3.79. The summed E-state index contributed by atoms with van der Waals surface area (Å²) in [6.07, 6.45) is 0. The second kappa shape index (κ2) is 8.30. The Bertz CT molecular complexity index is 877. The van der Waals surface area contributed by atoms with Gasteiger partial charge in [-0.15, -0.1) is 0 Å². The number of carbonyl (C=O) groups excluding carboxylic acids is 1. The number of nitrogens with zero attached hydrogens (tertiary/aromatic N) is 3. The van der Waals surface area contributed by atoms with Crippen LogP contribution in [-0.2, 0) is 4.79 Å². The first-order valence-corrected chi connectivity index (χ1v) is 7.89. The van der Waals surface area contributed by atoms with E-state index >= 15 is 0 Å². The number of hydrogen-bond acceptors (Lipinski definition) is 5. The van der Waals surface area contributed by atoms with Gasteiger partial charge in [-0.3, -0.25) is 4.79 Å². The minimum absolute atomic E-state index is 0.189. The van der Waals surface area contributed by atoms with Gasteiger partial charge in [-0.25, -0.2) is 0 Å². The van der Waals surface area contributed by atoms with E-state index in [0.29, 0.717) is 21.2 Å². The van der Waals surface area contributed by atoms with Crippen molar-refractivity contribution in [3.8, 4) is 12.1 Å². The van der Waals surface area contributed by atoms with Crippen LogP contribution >= 0.6 is 23.2 Å². The molecule has 2 aromatic rings. The fourth-order valence-electron chi connectivity index (χ4n) is 2.32. The third kappa shape index (κ3) is 4.16. The highest BCUT2D eigenvalue weighted by molar-refractivity contribution is 6.44. The third-order valence-electron chi connectivity index (χ3n) is 3.59. The van der Waals surface area contributed by atoms with Gasteiger partial charge in [-0.05, 0) is 35.4 Å². The molecular weight excluding hydrogens is 359 g/mol. The number of carbonyl (C=O) groups is 1. The molecule has 7 heteroatoms. The average Bonchev–Trinajstić information content (AvgIpc) is 2.62. The molecule has 2 N–H and O–H groups in total. The van der Waals surface area contributed by atoms with Gasteiger partial charge in [0.2, 0.25) is 5.78 Å². The summed E-state index contributed by atoms with van der Waals surface area (Å²) >= 11 is 11.7. The van der Waals surface area contributed by atoms with E-state index in [9.17, 15) is 15.3 Å². The molecule has 0 amide bonds. The molecule has 0 heterocycles. The van der Waals surface area contributed by atoms with Gasteiger partial charge >= 0.3 is 0 Å². The number of benzene rings is 2. The van der Waals surface area contributed by atoms with Gasteiger partial charge in [0, 0.05) is 10.0 Å². The van der Waals surface area contributed by atoms with Crippen molar-refractivity contribution in [2.24, 2.45) is 10.9 Å². The summed E-state index contributed by atoms with van der Waals surface area (Å²) < 4.78 is 0. The maximum absolute atomic E-state index is 12.8. The van der Waals surface area contributed by atoms with Gasteiger partial charge in [-0.1, -0.05) is 47.5 Å². The largest absolute Gasteiger partial charge is 0.323 e. The number of nitrogens with two attached hydrogens (primary N) is 1. The Morgan fingerprint density at radius 1 is 0.880 bits per heavy atom. The number of hydrogen-bond donors (Lipinski definition) is 1. The van der Waals surface area contributed by atoms with Gasteiger partial charge in [0.25, 0.3) is 0 Å². The van der Waals surface area contributed by atoms with Crippen LogP contribution in [0.3, 0.4) is 0 Å². The molecule has 2 rings (SSSR count). The van der Waals surface area contributed by atoms with E-state index < -0.39 is 17.6 Å². The highest BCUT2D eigenvalue weighted by Gasteiger charge is 2.31. The van der Waals surface area contributed by atoms with Crippen LogP contribution in [-0.4, -0.2) is 11.5 Å². The molecule has 124 valence electrons. The first-order chi connectivity index (χ1) is 12.0. The number of rotatable bonds is 5. The smallest absolute Gasteiger partial charge is 0.202 e. The summed E-state index contributed by atoms with van der Waals surface area (Å²) in [5, 5.41) is 23.4. The molecule has 0 radical (unpaired) electrons. The van der Waals surface area contributed by atoms with Gasteiger partial charge in [-0.2, -0.15) is 15.6 Å². The Balaban J connectivity index is 2.39. The maximum Gasteiger partial charge on any atom is 0.202 e. The fraction of sp³-hybridized carbons (Fsp3) is 0.111. The fourth-order valence-corrected chi connectivity index (χ4v) is 2.57. The Morgan fingerprint density at radius 2 is 1.28 bits per heavy atom. The quantitative estimate of drug-likeness (QED) is 0.491. The Morgan fingerprint density at radius 3 is 1.64 bits per heavy atom. The zero-order valence-electron chi connectivity index (χ0n) is 12.9. The first-order valence-electron chi connectivity index (χ1n) is 7.14. The van der Waals surface area contributed by atoms with E-state index in [-0.39, 0.29) is 5.71 Å². The lowest BCUT2D eigenvalue weighted by molar-refractivity contribution is -0.113. The van der Waals surface area contributed by atoms with Crippen molar-refractivity contribution in [1.29, 1.82) is 10.5 Å². The topological polar surface area (TPSA) is 103 Å². The lowest BCUT2D eigenvalue weighted by atomic mass is 9.86. The van der Waals surface area contributed by atoms with E-state index in [2.05, 4.69) is 5.10 Å². The molecule has 0 fully saturated rings. The van der Waals surface area contributed by atoms with E-state index in [1.165, 1.54) is 0 Å². The molecular formula is C18H12Cl2N4O. The van der Waals surface area contributed by atoms with Crippen molar-refractivity contribution in [1.82, 2.24) is 0 Å². The molecule has 5 nitrogen and oxygen atoms in total. The van der Waals surface area contributed by atoms with Crippen molar-refractivity contribution < 1.29 is 4.79 Å². The van der Waals surface area contributed by atoms with Gasteiger partial charge in [0.1, 0.15) is 17.5 Å². The highest BCUT2D eigenvalue weighted by atomic mass is 35.5. The monoisotopic (exact) mass is 370 g/mol. The Hall–Kier alpha value is -2.86. The average molecular weight is 371 g/mol. The molecule has 0 aromatic heterocycles. The van der Waals surface area contributed by atoms with E-state index in [1.807, 2.05) is 12.1 Å². The molecule has 0 saturated carbocycles. The summed E-state index contributed by atoms with van der Waals surface area (Å²) in [5.41, 5.74) is 0.773. The predicted molar refractivity (Wildman–Crippen MR) is 96.2 cm³/mol. The number of hydrazone groups is 1. The highest BCUT2D eigenvalue weighted by Crippen LogP contribution is 2.25. The molecule has 0 aliphatic heterocycles. The molecule has 0 saturated heterocycles. The van der Waals surface area contributed by atoms with Crippen molar-refractivity contribution in [2.45, 2.75) is 11.8 Å². The number of nitriles is 2. The summed E-state index contributed by atoms with van der Waals surface area (Å²) in [6.45, 7) is 0. The maximum atomic E-state index is 12.8. The van der Waals surface area contributed by atoms with Crippen LogP contribution in [0.15, 0.2) is 53.6 Å². The molecule has 0 unspecified atom stereocenters. The van der Waals surface area contributed by atoms with Crippen molar-refractivity contribution in [3.63, 3.8) is 0 Å². The number of ketones is 1.